The van der Waals surface area contributed by atoms with E-state index in [-0.39, 0.29) is 11.7 Å². The molecular formula is C18H14FN5OS2. The molecule has 1 aromatic carbocycles. The van der Waals surface area contributed by atoms with E-state index in [1.165, 1.54) is 34.8 Å². The molecule has 0 aliphatic carbocycles. The molecule has 1 amide bonds. The molecule has 0 fully saturated rings. The Bertz CT molecular complexity index is 1080. The van der Waals surface area contributed by atoms with Crippen LogP contribution >= 0.6 is 22.7 Å². The van der Waals surface area contributed by atoms with Crippen molar-refractivity contribution in [3.63, 3.8) is 0 Å². The Morgan fingerprint density at radius 3 is 2.81 bits per heavy atom. The lowest BCUT2D eigenvalue weighted by Crippen LogP contribution is -2.11. The van der Waals surface area contributed by atoms with Gasteiger partial charge >= 0.3 is 0 Å². The van der Waals surface area contributed by atoms with E-state index in [2.05, 4.69) is 20.4 Å². The fourth-order valence-electron chi connectivity index (χ4n) is 2.45. The molecule has 4 rings (SSSR count). The lowest BCUT2D eigenvalue weighted by Gasteiger charge is -1.98. The number of nitrogens with one attached hydrogen (secondary N) is 1. The number of aryl methyl sites for hydroxylation is 1. The fraction of sp³-hybridized carbons (Fsp3) is 0.111. The Hall–Kier alpha value is -2.91. The quantitative estimate of drug-likeness (QED) is 0.551. The van der Waals surface area contributed by atoms with Crippen LogP contribution in [-0.4, -0.2) is 25.7 Å². The number of hydrogen-bond donors (Lipinski definition) is 1. The van der Waals surface area contributed by atoms with Crippen LogP contribution in [0.25, 0.3) is 10.6 Å². The lowest BCUT2D eigenvalue weighted by molar-refractivity contribution is 0.102. The van der Waals surface area contributed by atoms with Crippen LogP contribution in [0, 0.1) is 5.82 Å². The van der Waals surface area contributed by atoms with Crippen LogP contribution in [0.15, 0.2) is 48.2 Å². The Balaban J connectivity index is 1.42. The van der Waals surface area contributed by atoms with Gasteiger partial charge in [-0.15, -0.1) is 22.7 Å². The zero-order valence-corrected chi connectivity index (χ0v) is 15.9. The molecule has 6 nitrogen and oxygen atoms in total. The van der Waals surface area contributed by atoms with Crippen molar-refractivity contribution in [3.05, 3.63) is 70.2 Å². The first kappa shape index (κ1) is 17.5. The molecule has 0 atom stereocenters. The average Bonchev–Trinajstić information content (AvgIpc) is 3.38. The number of rotatable bonds is 5. The van der Waals surface area contributed by atoms with E-state index in [9.17, 15) is 9.18 Å². The summed E-state index contributed by atoms with van der Waals surface area (Å²) < 4.78 is 14.7. The zero-order valence-electron chi connectivity index (χ0n) is 14.2. The number of halogens is 1. The van der Waals surface area contributed by atoms with Crippen LogP contribution in [0.5, 0.6) is 0 Å². The van der Waals surface area contributed by atoms with Gasteiger partial charge in [-0.2, -0.15) is 5.10 Å². The molecule has 1 N–H and O–H groups in total. The van der Waals surface area contributed by atoms with Gasteiger partial charge in [0.1, 0.15) is 16.5 Å². The number of thiazole rings is 2. The topological polar surface area (TPSA) is 72.7 Å². The van der Waals surface area contributed by atoms with Crippen molar-refractivity contribution in [3.8, 4) is 10.6 Å². The van der Waals surface area contributed by atoms with E-state index in [1.807, 2.05) is 13.2 Å². The van der Waals surface area contributed by atoms with E-state index >= 15 is 0 Å². The van der Waals surface area contributed by atoms with Gasteiger partial charge in [0, 0.05) is 41.7 Å². The highest BCUT2D eigenvalue weighted by molar-refractivity contribution is 7.15. The maximum atomic E-state index is 13.0. The predicted molar refractivity (Wildman–Crippen MR) is 104 cm³/mol. The second kappa shape index (κ2) is 7.37. The highest BCUT2D eigenvalue weighted by Crippen LogP contribution is 2.25. The summed E-state index contributed by atoms with van der Waals surface area (Å²) in [5, 5.41) is 9.85. The lowest BCUT2D eigenvalue weighted by atomic mass is 10.1. The Labute approximate surface area is 162 Å². The second-order valence-corrected chi connectivity index (χ2v) is 7.80. The van der Waals surface area contributed by atoms with Gasteiger partial charge in [0.25, 0.3) is 5.91 Å². The van der Waals surface area contributed by atoms with Gasteiger partial charge in [0.15, 0.2) is 5.13 Å². The number of carbonyl (C=O) groups is 1. The van der Waals surface area contributed by atoms with E-state index in [4.69, 9.17) is 0 Å². The molecule has 0 spiro atoms. The first-order valence-corrected chi connectivity index (χ1v) is 9.71. The van der Waals surface area contributed by atoms with E-state index in [0.717, 1.165) is 21.0 Å². The van der Waals surface area contributed by atoms with Gasteiger partial charge in [-0.1, -0.05) is 12.1 Å². The Morgan fingerprint density at radius 1 is 1.26 bits per heavy atom. The summed E-state index contributed by atoms with van der Waals surface area (Å²) in [6.45, 7) is 0. The van der Waals surface area contributed by atoms with E-state index in [0.29, 0.717) is 17.2 Å². The molecule has 0 radical (unpaired) electrons. The van der Waals surface area contributed by atoms with Crippen molar-refractivity contribution in [2.24, 2.45) is 7.05 Å². The number of aromatic nitrogens is 4. The zero-order chi connectivity index (χ0) is 18.8. The highest BCUT2D eigenvalue weighted by atomic mass is 32.1. The maximum absolute atomic E-state index is 13.0. The van der Waals surface area contributed by atoms with Crippen molar-refractivity contribution >= 4 is 33.7 Å². The molecule has 9 heteroatoms. The molecule has 0 aliphatic heterocycles. The van der Waals surface area contributed by atoms with Crippen molar-refractivity contribution in [1.29, 1.82) is 0 Å². The normalized spacial score (nSPS) is 10.9. The van der Waals surface area contributed by atoms with Crippen molar-refractivity contribution in [2.75, 3.05) is 5.32 Å². The summed E-state index contributed by atoms with van der Waals surface area (Å²) in [6, 6.07) is 6.34. The predicted octanol–water partition coefficient (Wildman–Crippen LogP) is 3.98. The SMILES string of the molecule is Cn1cc(-c2nc(C(=O)Nc3ncc(Cc4ccc(F)cc4)s3)cs2)cn1. The molecule has 0 unspecified atom stereocenters. The third-order valence-corrected chi connectivity index (χ3v) is 5.56. The van der Waals surface area contributed by atoms with Crippen LogP contribution in [0.3, 0.4) is 0 Å². The minimum Gasteiger partial charge on any atom is -0.296 e. The van der Waals surface area contributed by atoms with Crippen LogP contribution in [-0.2, 0) is 13.5 Å². The summed E-state index contributed by atoms with van der Waals surface area (Å²) in [6.07, 6.45) is 5.91. The summed E-state index contributed by atoms with van der Waals surface area (Å²) in [7, 11) is 1.83. The average molecular weight is 399 g/mol. The van der Waals surface area contributed by atoms with E-state index in [1.54, 1.807) is 34.6 Å². The molecule has 27 heavy (non-hydrogen) atoms. The fourth-order valence-corrected chi connectivity index (χ4v) is 4.07. The van der Waals surface area contributed by atoms with Crippen molar-refractivity contribution in [2.45, 2.75) is 6.42 Å². The molecule has 3 heterocycles. The number of anilines is 1. The standard InChI is InChI=1S/C18H14FN5OS2/c1-24-9-12(7-21-24)17-22-15(10-26-17)16(25)23-18-20-8-14(27-18)6-11-2-4-13(19)5-3-11/h2-5,7-10H,6H2,1H3,(H,20,23,25). The third-order valence-electron chi connectivity index (χ3n) is 3.75. The van der Waals surface area contributed by atoms with Gasteiger partial charge in [-0.05, 0) is 17.7 Å². The molecule has 0 saturated carbocycles. The van der Waals surface area contributed by atoms with Gasteiger partial charge in [0.2, 0.25) is 0 Å². The summed E-state index contributed by atoms with van der Waals surface area (Å²) in [5.74, 6) is -0.561. The largest absolute Gasteiger partial charge is 0.296 e. The molecule has 0 saturated heterocycles. The maximum Gasteiger partial charge on any atom is 0.276 e. The number of carbonyl (C=O) groups excluding carboxylic acids is 1. The number of amides is 1. The number of benzene rings is 1. The Morgan fingerprint density at radius 2 is 2.07 bits per heavy atom. The highest BCUT2D eigenvalue weighted by Gasteiger charge is 2.14. The van der Waals surface area contributed by atoms with E-state index < -0.39 is 0 Å². The molecular weight excluding hydrogens is 385 g/mol. The molecule has 4 aromatic rings. The molecule has 0 aliphatic rings. The van der Waals surface area contributed by atoms with Crippen LogP contribution in [0.4, 0.5) is 9.52 Å². The first-order valence-electron chi connectivity index (χ1n) is 8.02. The van der Waals surface area contributed by atoms with Gasteiger partial charge in [-0.3, -0.25) is 14.8 Å². The number of nitrogens with zero attached hydrogens (tertiary/aromatic N) is 4. The van der Waals surface area contributed by atoms with Crippen LogP contribution in [0.2, 0.25) is 0 Å². The van der Waals surface area contributed by atoms with Gasteiger partial charge < -0.3 is 0 Å². The molecule has 3 aromatic heterocycles. The van der Waals surface area contributed by atoms with Crippen LogP contribution in [0.1, 0.15) is 20.9 Å². The third kappa shape index (κ3) is 4.09. The molecule has 0 bridgehead atoms. The minimum absolute atomic E-state index is 0.259. The smallest absolute Gasteiger partial charge is 0.276 e. The number of hydrogen-bond acceptors (Lipinski definition) is 6. The monoisotopic (exact) mass is 399 g/mol. The van der Waals surface area contributed by atoms with Crippen molar-refractivity contribution in [1.82, 2.24) is 19.7 Å². The summed E-state index contributed by atoms with van der Waals surface area (Å²) in [5.41, 5.74) is 2.20. The molecule has 136 valence electrons. The van der Waals surface area contributed by atoms with Crippen molar-refractivity contribution < 1.29 is 9.18 Å². The van der Waals surface area contributed by atoms with Gasteiger partial charge in [0.05, 0.1) is 6.20 Å². The second-order valence-electron chi connectivity index (χ2n) is 5.83. The van der Waals surface area contributed by atoms with Gasteiger partial charge in [-0.25, -0.2) is 14.4 Å². The Kier molecular flexibility index (Phi) is 4.78. The summed E-state index contributed by atoms with van der Waals surface area (Å²) >= 11 is 2.78. The first-order chi connectivity index (χ1) is 13.1. The minimum atomic E-state index is -0.302. The summed E-state index contributed by atoms with van der Waals surface area (Å²) in [4.78, 5) is 22.0. The van der Waals surface area contributed by atoms with Crippen LogP contribution < -0.4 is 5.32 Å².